The van der Waals surface area contributed by atoms with Crippen molar-refractivity contribution in [1.29, 1.82) is 5.26 Å². The molecule has 0 aliphatic carbocycles. The quantitative estimate of drug-likeness (QED) is 0.216. The molecule has 10 nitrogen and oxygen atoms in total. The molecular formula is C32H21Cl2N10+. The van der Waals surface area contributed by atoms with E-state index in [9.17, 15) is 5.26 Å². The van der Waals surface area contributed by atoms with Gasteiger partial charge in [0.25, 0.3) is 0 Å². The van der Waals surface area contributed by atoms with E-state index in [0.717, 1.165) is 33.2 Å². The van der Waals surface area contributed by atoms with E-state index >= 15 is 0 Å². The third-order valence-corrected chi connectivity index (χ3v) is 7.71. The van der Waals surface area contributed by atoms with Crippen LogP contribution in [0.5, 0.6) is 0 Å². The van der Waals surface area contributed by atoms with Crippen molar-refractivity contribution >= 4 is 34.1 Å². The lowest BCUT2D eigenvalue weighted by atomic mass is 9.98. The fourth-order valence-electron chi connectivity index (χ4n) is 5.06. The van der Waals surface area contributed by atoms with E-state index in [1.807, 2.05) is 91.1 Å². The molecule has 1 atom stereocenters. The largest absolute Gasteiger partial charge is 0.422 e. The third-order valence-electron chi connectivity index (χ3n) is 7.21. The highest BCUT2D eigenvalue weighted by Crippen LogP contribution is 2.29. The van der Waals surface area contributed by atoms with Crippen LogP contribution in [0.3, 0.4) is 0 Å². The van der Waals surface area contributed by atoms with Crippen molar-refractivity contribution < 1.29 is 4.68 Å². The molecule has 0 saturated heterocycles. The van der Waals surface area contributed by atoms with E-state index < -0.39 is 12.1 Å². The van der Waals surface area contributed by atoms with Crippen LogP contribution in [0.2, 0.25) is 10.0 Å². The summed E-state index contributed by atoms with van der Waals surface area (Å²) < 4.78 is 1.47. The molecule has 0 spiro atoms. The Morgan fingerprint density at radius 1 is 0.727 bits per heavy atom. The zero-order valence-electron chi connectivity index (χ0n) is 22.9. The van der Waals surface area contributed by atoms with Crippen molar-refractivity contribution in [1.82, 2.24) is 40.3 Å². The molecule has 3 aromatic heterocycles. The maximum absolute atomic E-state index is 9.33. The van der Waals surface area contributed by atoms with E-state index in [4.69, 9.17) is 28.4 Å². The number of benzene rings is 4. The summed E-state index contributed by atoms with van der Waals surface area (Å²) in [6.07, 6.45) is 3.35. The second-order valence-corrected chi connectivity index (χ2v) is 10.9. The van der Waals surface area contributed by atoms with Gasteiger partial charge in [0.15, 0.2) is 6.04 Å². The average molecular weight is 616 g/mol. The number of tetrazole rings is 2. The molecule has 3 heterocycles. The molecule has 1 unspecified atom stereocenters. The van der Waals surface area contributed by atoms with Gasteiger partial charge in [-0.3, -0.25) is 4.98 Å². The predicted molar refractivity (Wildman–Crippen MR) is 163 cm³/mol. The first-order valence-corrected chi connectivity index (χ1v) is 14.3. The van der Waals surface area contributed by atoms with Gasteiger partial charge < -0.3 is 0 Å². The molecule has 0 bridgehead atoms. The summed E-state index contributed by atoms with van der Waals surface area (Å²) in [5, 5.41) is 34.3. The zero-order chi connectivity index (χ0) is 30.0. The smallest absolute Gasteiger partial charge is 0.256 e. The molecular weight excluding hydrogens is 595 g/mol. The van der Waals surface area contributed by atoms with Gasteiger partial charge >= 0.3 is 5.95 Å². The summed E-state index contributed by atoms with van der Waals surface area (Å²) in [5.41, 5.74) is 5.03. The topological polar surface area (TPSA) is 115 Å². The van der Waals surface area contributed by atoms with E-state index in [2.05, 4.69) is 37.6 Å². The molecule has 4 aromatic carbocycles. The van der Waals surface area contributed by atoms with Gasteiger partial charge in [-0.2, -0.15) is 5.26 Å². The van der Waals surface area contributed by atoms with E-state index in [-0.39, 0.29) is 5.95 Å². The first-order chi connectivity index (χ1) is 21.6. The van der Waals surface area contributed by atoms with Crippen LogP contribution >= 0.6 is 23.2 Å². The summed E-state index contributed by atoms with van der Waals surface area (Å²) in [4.78, 5) is 7.76. The molecule has 0 aliphatic rings. The zero-order valence-corrected chi connectivity index (χ0v) is 24.4. The number of nitriles is 1. The van der Waals surface area contributed by atoms with Crippen LogP contribution in [0.15, 0.2) is 116 Å². The number of fused-ring (bicyclic) bond motifs is 1. The van der Waals surface area contributed by atoms with Crippen molar-refractivity contribution in [3.05, 3.63) is 154 Å². The molecule has 0 saturated carbocycles. The highest BCUT2D eigenvalue weighted by Gasteiger charge is 2.28. The average Bonchev–Trinajstić information content (AvgIpc) is 3.74. The molecule has 7 rings (SSSR count). The molecule has 0 amide bonds. The highest BCUT2D eigenvalue weighted by atomic mass is 35.5. The molecule has 212 valence electrons. The van der Waals surface area contributed by atoms with Gasteiger partial charge in [0.2, 0.25) is 6.33 Å². The third kappa shape index (κ3) is 5.38. The molecule has 44 heavy (non-hydrogen) atoms. The van der Waals surface area contributed by atoms with Crippen molar-refractivity contribution in [2.75, 3.05) is 0 Å². The standard InChI is InChI=1S/C32H21Cl2N10/c33-27-13-9-23(10-14-27)30(24-11-15-28(34)16-12-24)44-39-32(38-40-44)42-20-37-43(41-42)31(22-7-5-21(18-35)6-8-22)26-17-25-3-1-2-4-29(25)36-19-26/h1-17,19-20,30-31H/q+1. The van der Waals surface area contributed by atoms with Crippen LogP contribution in [0.4, 0.5) is 0 Å². The molecule has 0 aliphatic heterocycles. The number of aromatic nitrogens is 9. The maximum Gasteiger partial charge on any atom is 0.422 e. The Morgan fingerprint density at radius 3 is 2.00 bits per heavy atom. The van der Waals surface area contributed by atoms with E-state index in [1.54, 1.807) is 16.9 Å². The minimum absolute atomic E-state index is 0.236. The first kappa shape index (κ1) is 27.3. The van der Waals surface area contributed by atoms with Gasteiger partial charge in [-0.25, -0.2) is 0 Å². The molecule has 0 N–H and O–H groups in total. The number of nitrogens with zero attached hydrogens (tertiary/aromatic N) is 10. The Balaban J connectivity index is 1.28. The molecule has 0 fully saturated rings. The molecule has 12 heteroatoms. The SMILES string of the molecule is N#Cc1ccc(C(c2cnc3ccccc3c2)n2nc[n+](-c3nnn(C(c4ccc(Cl)cc4)c4ccc(Cl)cc4)n3)n2)cc1. The lowest BCUT2D eigenvalue weighted by Crippen LogP contribution is -2.36. The van der Waals surface area contributed by atoms with Crippen LogP contribution in [0.25, 0.3) is 16.9 Å². The Hall–Kier alpha value is -5.50. The van der Waals surface area contributed by atoms with Crippen molar-refractivity contribution in [3.8, 4) is 12.0 Å². The van der Waals surface area contributed by atoms with Crippen molar-refractivity contribution in [2.45, 2.75) is 12.1 Å². The normalized spacial score (nSPS) is 12.0. The van der Waals surface area contributed by atoms with Gasteiger partial charge in [-0.1, -0.05) is 87.3 Å². The second-order valence-electron chi connectivity index (χ2n) is 10.00. The highest BCUT2D eigenvalue weighted by molar-refractivity contribution is 6.30. The summed E-state index contributed by atoms with van der Waals surface area (Å²) in [6.45, 7) is 0. The minimum Gasteiger partial charge on any atom is -0.256 e. The van der Waals surface area contributed by atoms with Gasteiger partial charge in [0.05, 0.1) is 17.1 Å². The number of rotatable bonds is 7. The number of halogens is 2. The summed E-state index contributed by atoms with van der Waals surface area (Å²) in [5.74, 6) is 0.236. The number of hydrogen-bond donors (Lipinski definition) is 0. The summed E-state index contributed by atoms with van der Waals surface area (Å²) >= 11 is 12.3. The fraction of sp³-hybridized carbons (Fsp3) is 0.0625. The van der Waals surface area contributed by atoms with Gasteiger partial charge in [-0.05, 0) is 75.4 Å². The predicted octanol–water partition coefficient (Wildman–Crippen LogP) is 5.54. The number of para-hydroxylation sites is 1. The van der Waals surface area contributed by atoms with Crippen LogP contribution < -0.4 is 4.68 Å². The van der Waals surface area contributed by atoms with Crippen LogP contribution in [0.1, 0.15) is 39.9 Å². The Labute approximate surface area is 261 Å². The van der Waals surface area contributed by atoms with Crippen molar-refractivity contribution in [2.24, 2.45) is 0 Å². The number of pyridine rings is 1. The van der Waals surface area contributed by atoms with E-state index in [1.165, 1.54) is 15.8 Å². The van der Waals surface area contributed by atoms with Crippen LogP contribution in [-0.4, -0.2) is 40.3 Å². The van der Waals surface area contributed by atoms with Crippen LogP contribution in [0, 0.1) is 11.3 Å². The second kappa shape index (κ2) is 11.6. The van der Waals surface area contributed by atoms with E-state index in [0.29, 0.717) is 15.6 Å². The fourth-order valence-corrected chi connectivity index (χ4v) is 5.31. The minimum atomic E-state index is -0.438. The maximum atomic E-state index is 9.33. The first-order valence-electron chi connectivity index (χ1n) is 13.5. The number of hydrogen-bond acceptors (Lipinski definition) is 7. The molecule has 7 aromatic rings. The Kier molecular flexibility index (Phi) is 7.24. The molecule has 0 radical (unpaired) electrons. The Morgan fingerprint density at radius 2 is 1.34 bits per heavy atom. The van der Waals surface area contributed by atoms with Crippen LogP contribution in [-0.2, 0) is 0 Å². The van der Waals surface area contributed by atoms with Gasteiger partial charge in [0, 0.05) is 42.7 Å². The lowest BCUT2D eigenvalue weighted by Gasteiger charge is -2.15. The van der Waals surface area contributed by atoms with Gasteiger partial charge in [0.1, 0.15) is 6.04 Å². The van der Waals surface area contributed by atoms with Gasteiger partial charge in [-0.15, -0.1) is 4.80 Å². The van der Waals surface area contributed by atoms with Crippen molar-refractivity contribution in [3.63, 3.8) is 0 Å². The monoisotopic (exact) mass is 615 g/mol. The summed E-state index contributed by atoms with van der Waals surface area (Å²) in [6, 6.07) is 33.6. The lowest BCUT2D eigenvalue weighted by molar-refractivity contribution is -0.669. The Bertz CT molecular complexity index is 2070. The summed E-state index contributed by atoms with van der Waals surface area (Å²) in [7, 11) is 0.